The van der Waals surface area contributed by atoms with Gasteiger partial charge in [0.1, 0.15) is 23.5 Å². The fourth-order valence-electron chi connectivity index (χ4n) is 4.78. The molecule has 5 aromatic rings. The van der Waals surface area contributed by atoms with Crippen LogP contribution in [0.3, 0.4) is 0 Å². The van der Waals surface area contributed by atoms with Gasteiger partial charge in [0, 0.05) is 11.6 Å². The Balaban J connectivity index is 1.35. The third-order valence-electron chi connectivity index (χ3n) is 7.09. The SMILES string of the molecule is O=C(O)[C@@H](Nc1nc(-c2cc(-c3ccon3)n(Cc3cccc(C4CCC4)c3F)n2)ncc1F)c1ccccc1. The second-order valence-electron chi connectivity index (χ2n) is 9.62. The topological polar surface area (TPSA) is 119 Å². The molecule has 0 bridgehead atoms. The van der Waals surface area contributed by atoms with Crippen molar-refractivity contribution in [3.63, 3.8) is 0 Å². The van der Waals surface area contributed by atoms with E-state index in [1.165, 1.54) is 6.26 Å². The number of rotatable bonds is 9. The molecule has 0 aliphatic heterocycles. The largest absolute Gasteiger partial charge is 0.479 e. The number of carboxylic acids is 1. The van der Waals surface area contributed by atoms with E-state index >= 15 is 4.39 Å². The molecule has 1 aliphatic rings. The van der Waals surface area contributed by atoms with Crippen molar-refractivity contribution in [2.45, 2.75) is 37.8 Å². The lowest BCUT2D eigenvalue weighted by Gasteiger charge is -2.26. The van der Waals surface area contributed by atoms with Gasteiger partial charge in [-0.2, -0.15) is 5.10 Å². The number of aromatic nitrogens is 5. The van der Waals surface area contributed by atoms with E-state index in [9.17, 15) is 14.3 Å². The van der Waals surface area contributed by atoms with E-state index < -0.39 is 17.8 Å². The minimum Gasteiger partial charge on any atom is -0.479 e. The minimum absolute atomic E-state index is 0.0493. The second-order valence-corrected chi connectivity index (χ2v) is 9.62. The fraction of sp³-hybridized carbons (Fsp3) is 0.207. The van der Waals surface area contributed by atoms with E-state index in [0.717, 1.165) is 25.5 Å². The number of benzene rings is 2. The molecule has 11 heteroatoms. The third-order valence-corrected chi connectivity index (χ3v) is 7.09. The highest BCUT2D eigenvalue weighted by Gasteiger charge is 2.26. The molecule has 0 saturated heterocycles. The van der Waals surface area contributed by atoms with E-state index in [0.29, 0.717) is 28.1 Å². The molecule has 3 aromatic heterocycles. The zero-order valence-corrected chi connectivity index (χ0v) is 21.2. The summed E-state index contributed by atoms with van der Waals surface area (Å²) < 4.78 is 36.8. The Hall–Kier alpha value is -4.93. The quantitative estimate of drug-likeness (QED) is 0.239. The Morgan fingerprint density at radius 3 is 2.62 bits per heavy atom. The molecule has 0 spiro atoms. The number of hydrogen-bond acceptors (Lipinski definition) is 7. The standard InChI is InChI=1S/C29H24F2N6O3/c30-21-15-32-28(34-27(21)33-26(29(38)39)18-6-2-1-3-7-18)23-14-24(22-12-13-40-36-22)37(35-23)16-19-10-5-11-20(25(19)31)17-8-4-9-17/h1-3,5-7,10-15,17,26H,4,8-9,16H2,(H,38,39)(H,32,33,34)/t26-/m0/s1. The second kappa shape index (κ2) is 10.7. The Labute approximate surface area is 227 Å². The van der Waals surface area contributed by atoms with Crippen LogP contribution in [0, 0.1) is 11.6 Å². The summed E-state index contributed by atoms with van der Waals surface area (Å²) in [7, 11) is 0. The van der Waals surface area contributed by atoms with Gasteiger partial charge in [-0.3, -0.25) is 4.68 Å². The molecule has 0 unspecified atom stereocenters. The van der Waals surface area contributed by atoms with Crippen LogP contribution in [-0.2, 0) is 11.3 Å². The molecule has 202 valence electrons. The third kappa shape index (κ3) is 4.93. The number of hydrogen-bond donors (Lipinski definition) is 2. The molecular weight excluding hydrogens is 518 g/mol. The number of carbonyl (C=O) groups is 1. The summed E-state index contributed by atoms with van der Waals surface area (Å²) in [5.74, 6) is -2.29. The molecule has 0 amide bonds. The molecule has 0 radical (unpaired) electrons. The summed E-state index contributed by atoms with van der Waals surface area (Å²) in [4.78, 5) is 20.3. The van der Waals surface area contributed by atoms with E-state index in [1.54, 1.807) is 53.2 Å². The van der Waals surface area contributed by atoms with Gasteiger partial charge < -0.3 is 14.9 Å². The van der Waals surface area contributed by atoms with Gasteiger partial charge in [0.05, 0.1) is 18.4 Å². The zero-order chi connectivity index (χ0) is 27.6. The molecule has 6 rings (SSSR count). The first-order valence-corrected chi connectivity index (χ1v) is 12.8. The van der Waals surface area contributed by atoms with Gasteiger partial charge in [0.15, 0.2) is 23.5 Å². The molecule has 1 saturated carbocycles. The van der Waals surface area contributed by atoms with Crippen molar-refractivity contribution in [3.8, 4) is 22.9 Å². The van der Waals surface area contributed by atoms with Crippen LogP contribution in [0.25, 0.3) is 22.9 Å². The summed E-state index contributed by atoms with van der Waals surface area (Å²) in [5, 5.41) is 21.0. The highest BCUT2D eigenvalue weighted by molar-refractivity contribution is 5.79. The van der Waals surface area contributed by atoms with Crippen LogP contribution in [0.1, 0.15) is 47.9 Å². The molecule has 1 fully saturated rings. The summed E-state index contributed by atoms with van der Waals surface area (Å²) in [6.45, 7) is 0.107. The van der Waals surface area contributed by atoms with Crippen molar-refractivity contribution >= 4 is 11.8 Å². The lowest BCUT2D eigenvalue weighted by Crippen LogP contribution is -2.22. The predicted molar refractivity (Wildman–Crippen MR) is 141 cm³/mol. The number of aliphatic carboxylic acids is 1. The van der Waals surface area contributed by atoms with Crippen LogP contribution < -0.4 is 5.32 Å². The highest BCUT2D eigenvalue weighted by Crippen LogP contribution is 2.38. The first kappa shape index (κ1) is 25.4. The Kier molecular flexibility index (Phi) is 6.77. The van der Waals surface area contributed by atoms with Crippen LogP contribution >= 0.6 is 0 Å². The van der Waals surface area contributed by atoms with E-state index in [4.69, 9.17) is 4.52 Å². The van der Waals surface area contributed by atoms with Gasteiger partial charge in [0.25, 0.3) is 0 Å². The average Bonchev–Trinajstić information content (AvgIpc) is 3.60. The average molecular weight is 543 g/mol. The normalized spacial score (nSPS) is 14.1. The summed E-state index contributed by atoms with van der Waals surface area (Å²) in [6, 6.07) is 15.8. The highest BCUT2D eigenvalue weighted by atomic mass is 19.1. The van der Waals surface area contributed by atoms with Crippen LogP contribution in [0.2, 0.25) is 0 Å². The summed E-state index contributed by atoms with van der Waals surface area (Å²) in [6.07, 6.45) is 5.41. The molecule has 40 heavy (non-hydrogen) atoms. The van der Waals surface area contributed by atoms with E-state index in [-0.39, 0.29) is 35.6 Å². The van der Waals surface area contributed by atoms with Crippen molar-refractivity contribution in [2.24, 2.45) is 0 Å². The molecule has 3 heterocycles. The maximum Gasteiger partial charge on any atom is 0.330 e. The maximum atomic E-state index is 15.5. The van der Waals surface area contributed by atoms with Gasteiger partial charge in [-0.25, -0.2) is 23.5 Å². The Bertz CT molecular complexity index is 1650. The van der Waals surface area contributed by atoms with Crippen molar-refractivity contribution in [1.29, 1.82) is 0 Å². The number of carboxylic acid groups (broad SMARTS) is 1. The smallest absolute Gasteiger partial charge is 0.330 e. The van der Waals surface area contributed by atoms with Crippen molar-refractivity contribution in [3.05, 3.63) is 101 Å². The number of nitrogens with zero attached hydrogens (tertiary/aromatic N) is 5. The molecular formula is C29H24F2N6O3. The van der Waals surface area contributed by atoms with Crippen LogP contribution in [-0.4, -0.2) is 36.0 Å². The van der Waals surface area contributed by atoms with Gasteiger partial charge in [-0.15, -0.1) is 0 Å². The van der Waals surface area contributed by atoms with Gasteiger partial charge >= 0.3 is 5.97 Å². The van der Waals surface area contributed by atoms with Gasteiger partial charge in [-0.05, 0) is 36.0 Å². The summed E-state index contributed by atoms with van der Waals surface area (Å²) in [5.41, 5.74) is 2.86. The number of halogens is 2. The van der Waals surface area contributed by atoms with Crippen LogP contribution in [0.5, 0.6) is 0 Å². The lowest BCUT2D eigenvalue weighted by molar-refractivity contribution is -0.138. The molecule has 1 aliphatic carbocycles. The molecule has 1 atom stereocenters. The van der Waals surface area contributed by atoms with E-state index in [1.807, 2.05) is 12.1 Å². The predicted octanol–water partition coefficient (Wildman–Crippen LogP) is 5.83. The van der Waals surface area contributed by atoms with Crippen molar-refractivity contribution in [1.82, 2.24) is 24.9 Å². The molecule has 2 aromatic carbocycles. The number of anilines is 1. The van der Waals surface area contributed by atoms with Gasteiger partial charge in [0.2, 0.25) is 0 Å². The Morgan fingerprint density at radius 1 is 1.10 bits per heavy atom. The first-order valence-electron chi connectivity index (χ1n) is 12.8. The van der Waals surface area contributed by atoms with Gasteiger partial charge in [-0.1, -0.05) is 60.1 Å². The fourth-order valence-corrected chi connectivity index (χ4v) is 4.78. The number of nitrogens with one attached hydrogen (secondary N) is 1. The lowest BCUT2D eigenvalue weighted by atomic mass is 9.79. The Morgan fingerprint density at radius 2 is 1.93 bits per heavy atom. The first-order chi connectivity index (χ1) is 19.5. The maximum absolute atomic E-state index is 15.5. The molecule has 9 nitrogen and oxygen atoms in total. The van der Waals surface area contributed by atoms with Crippen molar-refractivity contribution in [2.75, 3.05) is 5.32 Å². The minimum atomic E-state index is -1.24. The zero-order valence-electron chi connectivity index (χ0n) is 21.2. The molecule has 2 N–H and O–H groups in total. The van der Waals surface area contributed by atoms with E-state index in [2.05, 4.69) is 25.5 Å². The van der Waals surface area contributed by atoms with Crippen LogP contribution in [0.15, 0.2) is 77.6 Å². The van der Waals surface area contributed by atoms with Crippen LogP contribution in [0.4, 0.5) is 14.6 Å². The summed E-state index contributed by atoms with van der Waals surface area (Å²) >= 11 is 0. The monoisotopic (exact) mass is 542 g/mol. The van der Waals surface area contributed by atoms with Crippen molar-refractivity contribution < 1.29 is 23.2 Å².